The van der Waals surface area contributed by atoms with Crippen LogP contribution in [0.15, 0.2) is 65.4 Å². The Morgan fingerprint density at radius 3 is 2.42 bits per heavy atom. The Bertz CT molecular complexity index is 1260. The molecule has 0 aliphatic rings. The summed E-state index contributed by atoms with van der Waals surface area (Å²) in [4.78, 5) is 32.8. The molecule has 0 unspecified atom stereocenters. The van der Waals surface area contributed by atoms with Crippen molar-refractivity contribution < 1.29 is 14.0 Å². The predicted molar refractivity (Wildman–Crippen MR) is 132 cm³/mol. The Hall–Kier alpha value is -3.45. The maximum absolute atomic E-state index is 12.9. The van der Waals surface area contributed by atoms with Crippen LogP contribution >= 0.6 is 11.3 Å². The van der Waals surface area contributed by atoms with Gasteiger partial charge in [0.05, 0.1) is 5.56 Å². The van der Waals surface area contributed by atoms with Crippen molar-refractivity contribution >= 4 is 39.3 Å². The zero-order valence-corrected chi connectivity index (χ0v) is 20.0. The van der Waals surface area contributed by atoms with E-state index in [1.807, 2.05) is 81.1 Å². The van der Waals surface area contributed by atoms with Crippen molar-refractivity contribution in [2.45, 2.75) is 46.2 Å². The second-order valence-corrected chi connectivity index (χ2v) is 9.62. The van der Waals surface area contributed by atoms with Gasteiger partial charge in [-0.1, -0.05) is 30.3 Å². The molecule has 0 saturated carbocycles. The Kier molecular flexibility index (Phi) is 6.60. The van der Waals surface area contributed by atoms with Crippen LogP contribution in [0, 0.1) is 0 Å². The van der Waals surface area contributed by atoms with Crippen LogP contribution in [-0.2, 0) is 6.42 Å². The fourth-order valence-electron chi connectivity index (χ4n) is 3.95. The molecule has 4 rings (SSSR count). The topological polar surface area (TPSA) is 75.4 Å². The first-order chi connectivity index (χ1) is 15.8. The maximum Gasteiger partial charge on any atom is 0.261 e. The molecule has 2 aromatic carbocycles. The van der Waals surface area contributed by atoms with Gasteiger partial charge in [-0.15, -0.1) is 11.3 Å². The molecule has 2 amide bonds. The summed E-state index contributed by atoms with van der Waals surface area (Å²) in [6.07, 6.45) is 3.91. The quantitative estimate of drug-likeness (QED) is 0.367. The van der Waals surface area contributed by atoms with Crippen LogP contribution in [0.4, 0.5) is 5.13 Å². The minimum atomic E-state index is -0.247. The van der Waals surface area contributed by atoms with Crippen molar-refractivity contribution in [1.82, 2.24) is 9.88 Å². The van der Waals surface area contributed by atoms with Gasteiger partial charge in [0, 0.05) is 40.5 Å². The molecule has 0 bridgehead atoms. The molecule has 0 spiro atoms. The van der Waals surface area contributed by atoms with Gasteiger partial charge in [0.25, 0.3) is 11.8 Å². The zero-order valence-electron chi connectivity index (χ0n) is 19.2. The van der Waals surface area contributed by atoms with E-state index in [0.717, 1.165) is 15.8 Å². The molecule has 0 aliphatic carbocycles. The number of nitrogens with zero attached hydrogens (tertiary/aromatic N) is 2. The number of carbonyl (C=O) groups excluding carboxylic acids is 2. The Morgan fingerprint density at radius 2 is 1.73 bits per heavy atom. The molecule has 0 fully saturated rings. The number of para-hydroxylation sites is 1. The van der Waals surface area contributed by atoms with E-state index in [1.165, 1.54) is 17.6 Å². The molecular formula is C26H27N3O3S. The zero-order chi connectivity index (χ0) is 23.5. The Morgan fingerprint density at radius 1 is 1.03 bits per heavy atom. The third-order valence-corrected chi connectivity index (χ3v) is 6.34. The molecule has 1 N–H and O–H groups in total. The lowest BCUT2D eigenvalue weighted by molar-refractivity contribution is 0.0643. The highest BCUT2D eigenvalue weighted by Crippen LogP contribution is 2.25. The molecule has 0 atom stereocenters. The van der Waals surface area contributed by atoms with Gasteiger partial charge < -0.3 is 9.32 Å². The van der Waals surface area contributed by atoms with Gasteiger partial charge in [-0.25, -0.2) is 4.98 Å². The minimum absolute atomic E-state index is 0.0427. The van der Waals surface area contributed by atoms with Crippen molar-refractivity contribution in [1.29, 1.82) is 0 Å². The van der Waals surface area contributed by atoms with Gasteiger partial charge in [0.1, 0.15) is 11.8 Å². The summed E-state index contributed by atoms with van der Waals surface area (Å²) in [6, 6.07) is 15.4. The van der Waals surface area contributed by atoms with Crippen LogP contribution in [-0.4, -0.2) is 33.8 Å². The lowest BCUT2D eigenvalue weighted by Crippen LogP contribution is -2.42. The highest BCUT2D eigenvalue weighted by Gasteiger charge is 2.21. The average Bonchev–Trinajstić information content (AvgIpc) is 3.40. The molecule has 4 aromatic rings. The number of amides is 2. The lowest BCUT2D eigenvalue weighted by Gasteiger charge is -2.30. The Labute approximate surface area is 197 Å². The first-order valence-corrected chi connectivity index (χ1v) is 11.8. The molecule has 7 heteroatoms. The number of hydrogen-bond donors (Lipinski definition) is 1. The first-order valence-electron chi connectivity index (χ1n) is 11.0. The summed E-state index contributed by atoms with van der Waals surface area (Å²) < 4.78 is 5.45. The number of fused-ring (bicyclic) bond motifs is 1. The SMILES string of the molecule is CC(C)N(C(=O)c1ccc(Cc2cnc(NC(=O)c3coc4ccccc34)s2)cc1)C(C)C. The van der Waals surface area contributed by atoms with Gasteiger partial charge in [-0.2, -0.15) is 0 Å². The monoisotopic (exact) mass is 461 g/mol. The predicted octanol–water partition coefficient (Wildman–Crippen LogP) is 5.99. The smallest absolute Gasteiger partial charge is 0.261 e. The van der Waals surface area contributed by atoms with Crippen LogP contribution in [0.5, 0.6) is 0 Å². The molecule has 33 heavy (non-hydrogen) atoms. The minimum Gasteiger partial charge on any atom is -0.463 e. The van der Waals surface area contributed by atoms with Gasteiger partial charge in [0.15, 0.2) is 5.13 Å². The fourth-order valence-corrected chi connectivity index (χ4v) is 4.79. The molecule has 2 aromatic heterocycles. The van der Waals surface area contributed by atoms with Gasteiger partial charge in [-0.05, 0) is 51.5 Å². The fraction of sp³-hybridized carbons (Fsp3) is 0.269. The van der Waals surface area contributed by atoms with E-state index in [-0.39, 0.29) is 23.9 Å². The van der Waals surface area contributed by atoms with Crippen LogP contribution in [0.1, 0.15) is 58.9 Å². The van der Waals surface area contributed by atoms with Gasteiger partial charge in [-0.3, -0.25) is 14.9 Å². The van der Waals surface area contributed by atoms with E-state index in [4.69, 9.17) is 4.42 Å². The number of benzene rings is 2. The van der Waals surface area contributed by atoms with E-state index in [9.17, 15) is 9.59 Å². The van der Waals surface area contributed by atoms with Gasteiger partial charge in [0.2, 0.25) is 0 Å². The average molecular weight is 462 g/mol. The summed E-state index contributed by atoms with van der Waals surface area (Å²) in [6.45, 7) is 8.12. The largest absolute Gasteiger partial charge is 0.463 e. The number of furan rings is 1. The van der Waals surface area contributed by atoms with Crippen LogP contribution in [0.2, 0.25) is 0 Å². The molecule has 6 nitrogen and oxygen atoms in total. The van der Waals surface area contributed by atoms with Crippen molar-refractivity contribution in [2.24, 2.45) is 0 Å². The molecule has 0 radical (unpaired) electrons. The van der Waals surface area contributed by atoms with E-state index in [2.05, 4.69) is 10.3 Å². The number of carbonyl (C=O) groups is 2. The molecule has 0 saturated heterocycles. The number of hydrogen-bond acceptors (Lipinski definition) is 5. The van der Waals surface area contributed by atoms with Crippen LogP contribution in [0.25, 0.3) is 11.0 Å². The van der Waals surface area contributed by atoms with Crippen molar-refractivity contribution in [3.63, 3.8) is 0 Å². The van der Waals surface area contributed by atoms with Crippen LogP contribution < -0.4 is 5.32 Å². The lowest BCUT2D eigenvalue weighted by atomic mass is 10.1. The number of thiazole rings is 1. The van der Waals surface area contributed by atoms with Crippen LogP contribution in [0.3, 0.4) is 0 Å². The first kappa shape index (κ1) is 22.7. The summed E-state index contributed by atoms with van der Waals surface area (Å²) in [5.41, 5.74) is 2.93. The van der Waals surface area contributed by atoms with Crippen molar-refractivity contribution in [3.05, 3.63) is 82.6 Å². The van der Waals surface area contributed by atoms with Gasteiger partial charge >= 0.3 is 0 Å². The Balaban J connectivity index is 1.41. The summed E-state index contributed by atoms with van der Waals surface area (Å²) in [5.74, 6) is -0.204. The second-order valence-electron chi connectivity index (χ2n) is 8.51. The normalized spacial score (nSPS) is 11.3. The third kappa shape index (κ3) is 4.98. The molecular weight excluding hydrogens is 434 g/mol. The molecule has 2 heterocycles. The van der Waals surface area contributed by atoms with Crippen molar-refractivity contribution in [2.75, 3.05) is 5.32 Å². The number of aromatic nitrogens is 1. The number of rotatable bonds is 7. The number of nitrogens with one attached hydrogen (secondary N) is 1. The number of anilines is 1. The summed E-state index contributed by atoms with van der Waals surface area (Å²) in [5, 5.41) is 4.17. The molecule has 170 valence electrons. The maximum atomic E-state index is 12.9. The van der Waals surface area contributed by atoms with E-state index >= 15 is 0 Å². The summed E-state index contributed by atoms with van der Waals surface area (Å²) in [7, 11) is 0. The molecule has 0 aliphatic heterocycles. The highest BCUT2D eigenvalue weighted by atomic mass is 32.1. The van der Waals surface area contributed by atoms with E-state index in [1.54, 1.807) is 6.20 Å². The van der Waals surface area contributed by atoms with Crippen molar-refractivity contribution in [3.8, 4) is 0 Å². The highest BCUT2D eigenvalue weighted by molar-refractivity contribution is 7.15. The second kappa shape index (κ2) is 9.58. The third-order valence-electron chi connectivity index (χ3n) is 5.43. The van der Waals surface area contributed by atoms with E-state index < -0.39 is 0 Å². The standard InChI is InChI=1S/C26H27N3O3S/c1-16(2)29(17(3)4)25(31)19-11-9-18(10-12-19)13-20-14-27-26(33-20)28-24(30)22-15-32-23-8-6-5-7-21(22)23/h5-12,14-17H,13H2,1-4H3,(H,27,28,30). The summed E-state index contributed by atoms with van der Waals surface area (Å²) >= 11 is 1.43. The van der Waals surface area contributed by atoms with E-state index in [0.29, 0.717) is 28.3 Å².